The summed E-state index contributed by atoms with van der Waals surface area (Å²) >= 11 is 1.20. The smallest absolute Gasteiger partial charge is 0.325 e. The lowest BCUT2D eigenvalue weighted by Crippen LogP contribution is -2.23. The van der Waals surface area contributed by atoms with Crippen LogP contribution in [0.4, 0.5) is 5.69 Å². The summed E-state index contributed by atoms with van der Waals surface area (Å²) in [7, 11) is 1.58. The Balaban J connectivity index is 1.58. The van der Waals surface area contributed by atoms with Crippen molar-refractivity contribution in [2.24, 2.45) is 0 Å². The number of rotatable bonds is 10. The predicted octanol–water partition coefficient (Wildman–Crippen LogP) is 2.37. The minimum atomic E-state index is -0.605. The van der Waals surface area contributed by atoms with Gasteiger partial charge in [0.05, 0.1) is 25.2 Å². The first-order valence-electron chi connectivity index (χ1n) is 11.0. The van der Waals surface area contributed by atoms with Crippen LogP contribution in [0.3, 0.4) is 0 Å². The molecule has 2 aromatic heterocycles. The van der Waals surface area contributed by atoms with E-state index in [1.807, 2.05) is 31.2 Å². The number of carbonyl (C=O) groups is 1. The molecule has 0 atom stereocenters. The molecule has 0 aliphatic rings. The second-order valence-electron chi connectivity index (χ2n) is 7.49. The van der Waals surface area contributed by atoms with Crippen LogP contribution in [0.1, 0.15) is 18.4 Å². The summed E-state index contributed by atoms with van der Waals surface area (Å²) in [4.78, 5) is 40.9. The van der Waals surface area contributed by atoms with Gasteiger partial charge in [-0.1, -0.05) is 23.9 Å². The predicted molar refractivity (Wildman–Crippen MR) is 135 cm³/mol. The third kappa shape index (κ3) is 6.02. The molecule has 0 saturated heterocycles. The van der Waals surface area contributed by atoms with Gasteiger partial charge in [0, 0.05) is 23.9 Å². The first-order valence-corrected chi connectivity index (χ1v) is 12.0. The molecule has 0 aliphatic heterocycles. The summed E-state index contributed by atoms with van der Waals surface area (Å²) in [6, 6.07) is 15.7. The van der Waals surface area contributed by atoms with E-state index >= 15 is 0 Å². The highest BCUT2D eigenvalue weighted by molar-refractivity contribution is 7.99. The maximum absolute atomic E-state index is 12.7. The van der Waals surface area contributed by atoms with E-state index in [1.54, 1.807) is 35.9 Å². The highest BCUT2D eigenvalue weighted by atomic mass is 32.2. The molecule has 36 heavy (non-hydrogen) atoms. The molecule has 0 bridgehead atoms. The van der Waals surface area contributed by atoms with Gasteiger partial charge in [-0.15, -0.1) is 10.2 Å². The Bertz CT molecular complexity index is 1430. The maximum atomic E-state index is 12.7. The van der Waals surface area contributed by atoms with Crippen LogP contribution in [0, 0.1) is 0 Å². The van der Waals surface area contributed by atoms with Crippen molar-refractivity contribution in [3.8, 4) is 17.2 Å². The number of thioether (sulfide) groups is 1. The minimum Gasteiger partial charge on any atom is -0.497 e. The number of H-pyrrole nitrogens is 2. The van der Waals surface area contributed by atoms with E-state index in [4.69, 9.17) is 9.47 Å². The third-order valence-electron chi connectivity index (χ3n) is 4.99. The molecule has 4 rings (SSSR count). The van der Waals surface area contributed by atoms with Crippen LogP contribution in [0.2, 0.25) is 0 Å². The van der Waals surface area contributed by atoms with Crippen LogP contribution >= 0.6 is 11.8 Å². The lowest BCUT2D eigenvalue weighted by molar-refractivity contribution is -0.113. The molecule has 186 valence electrons. The van der Waals surface area contributed by atoms with Crippen molar-refractivity contribution < 1.29 is 14.3 Å². The van der Waals surface area contributed by atoms with Gasteiger partial charge in [0.25, 0.3) is 5.56 Å². The Hall–Kier alpha value is -4.32. The molecular weight excluding hydrogens is 484 g/mol. The summed E-state index contributed by atoms with van der Waals surface area (Å²) in [6.45, 7) is 2.35. The van der Waals surface area contributed by atoms with Crippen molar-refractivity contribution in [2.45, 2.75) is 18.5 Å². The van der Waals surface area contributed by atoms with E-state index in [2.05, 4.69) is 25.5 Å². The number of anilines is 1. The SMILES string of the molecule is CCOc1ccccc1NC(=O)CSc1nnc(Cc2cc(=O)[nH]c(=O)[nH]2)n1-c1ccc(OC)cc1. The fourth-order valence-corrected chi connectivity index (χ4v) is 4.22. The number of methoxy groups -OCH3 is 1. The van der Waals surface area contributed by atoms with Gasteiger partial charge in [0.15, 0.2) is 5.16 Å². The number of ether oxygens (including phenoxy) is 2. The van der Waals surface area contributed by atoms with E-state index in [-0.39, 0.29) is 18.1 Å². The molecule has 2 aromatic carbocycles. The number of nitrogens with one attached hydrogen (secondary N) is 3. The number of benzene rings is 2. The van der Waals surface area contributed by atoms with Gasteiger partial charge < -0.3 is 19.8 Å². The maximum Gasteiger partial charge on any atom is 0.325 e. The molecule has 0 fully saturated rings. The lowest BCUT2D eigenvalue weighted by Gasteiger charge is -2.12. The van der Waals surface area contributed by atoms with Gasteiger partial charge in [-0.05, 0) is 43.3 Å². The molecule has 4 aromatic rings. The molecular formula is C24H24N6O5S. The summed E-state index contributed by atoms with van der Waals surface area (Å²) in [5.74, 6) is 1.57. The number of aromatic nitrogens is 5. The van der Waals surface area contributed by atoms with Crippen LogP contribution in [-0.2, 0) is 11.2 Å². The standard InChI is InChI=1S/C24H24N6O5S/c1-3-35-19-7-5-4-6-18(19)26-22(32)14-36-24-29-28-20(12-15-13-21(31)27-23(33)25-15)30(24)16-8-10-17(34-2)11-9-16/h4-11,13H,3,12,14H2,1-2H3,(H,26,32)(H2,25,27,31,33). The molecule has 1 amide bonds. The second-order valence-corrected chi connectivity index (χ2v) is 8.43. The van der Waals surface area contributed by atoms with Gasteiger partial charge in [-0.2, -0.15) is 0 Å². The van der Waals surface area contributed by atoms with E-state index in [1.165, 1.54) is 17.8 Å². The van der Waals surface area contributed by atoms with Gasteiger partial charge >= 0.3 is 5.69 Å². The van der Waals surface area contributed by atoms with Crippen LogP contribution < -0.4 is 26.0 Å². The van der Waals surface area contributed by atoms with Crippen molar-refractivity contribution in [1.29, 1.82) is 0 Å². The fraction of sp³-hybridized carbons (Fsp3) is 0.208. The number of para-hydroxylation sites is 2. The summed E-state index contributed by atoms with van der Waals surface area (Å²) in [5.41, 5.74) is 0.579. The van der Waals surface area contributed by atoms with E-state index in [9.17, 15) is 14.4 Å². The molecule has 3 N–H and O–H groups in total. The Morgan fingerprint density at radius 3 is 2.58 bits per heavy atom. The molecule has 11 nitrogen and oxygen atoms in total. The van der Waals surface area contributed by atoms with Crippen LogP contribution in [0.5, 0.6) is 11.5 Å². The molecule has 0 unspecified atom stereocenters. The average Bonchev–Trinajstić information content (AvgIpc) is 3.25. The minimum absolute atomic E-state index is 0.0661. The van der Waals surface area contributed by atoms with E-state index in [0.29, 0.717) is 40.5 Å². The van der Waals surface area contributed by atoms with Crippen LogP contribution in [-0.4, -0.2) is 50.1 Å². The molecule has 0 saturated carbocycles. The molecule has 0 radical (unpaired) electrons. The Morgan fingerprint density at radius 2 is 1.86 bits per heavy atom. The zero-order chi connectivity index (χ0) is 25.5. The summed E-state index contributed by atoms with van der Waals surface area (Å²) in [6.07, 6.45) is 0.146. The largest absolute Gasteiger partial charge is 0.497 e. The molecule has 0 spiro atoms. The number of amides is 1. The first-order chi connectivity index (χ1) is 17.5. The summed E-state index contributed by atoms with van der Waals surface area (Å²) < 4.78 is 12.6. The van der Waals surface area contributed by atoms with Gasteiger partial charge in [0.1, 0.15) is 17.3 Å². The topological polar surface area (TPSA) is 144 Å². The lowest BCUT2D eigenvalue weighted by atomic mass is 10.2. The Morgan fingerprint density at radius 1 is 1.08 bits per heavy atom. The van der Waals surface area contributed by atoms with Crippen molar-refractivity contribution in [3.63, 3.8) is 0 Å². The van der Waals surface area contributed by atoms with Gasteiger partial charge in [-0.3, -0.25) is 19.1 Å². The Kier molecular flexibility index (Phi) is 7.85. The quantitative estimate of drug-likeness (QED) is 0.277. The summed E-state index contributed by atoms with van der Waals surface area (Å²) in [5, 5.41) is 11.9. The number of aromatic amines is 2. The third-order valence-corrected chi connectivity index (χ3v) is 5.92. The molecule has 0 aliphatic carbocycles. The monoisotopic (exact) mass is 508 g/mol. The van der Waals surface area contributed by atoms with Gasteiger partial charge in [-0.25, -0.2) is 4.79 Å². The van der Waals surface area contributed by atoms with Gasteiger partial charge in [0.2, 0.25) is 5.91 Å². The normalized spacial score (nSPS) is 10.7. The van der Waals surface area contributed by atoms with Crippen LogP contribution in [0.25, 0.3) is 5.69 Å². The number of hydrogen-bond donors (Lipinski definition) is 3. The molecule has 2 heterocycles. The number of hydrogen-bond acceptors (Lipinski definition) is 8. The number of carbonyl (C=O) groups excluding carboxylic acids is 1. The van der Waals surface area contributed by atoms with E-state index < -0.39 is 11.2 Å². The van der Waals surface area contributed by atoms with Crippen molar-refractivity contribution >= 4 is 23.4 Å². The zero-order valence-corrected chi connectivity index (χ0v) is 20.4. The van der Waals surface area contributed by atoms with Crippen LogP contribution in [0.15, 0.2) is 69.3 Å². The first kappa shape index (κ1) is 24.8. The number of nitrogens with zero attached hydrogens (tertiary/aromatic N) is 3. The second kappa shape index (κ2) is 11.4. The average molecular weight is 509 g/mol. The molecule has 12 heteroatoms. The van der Waals surface area contributed by atoms with Crippen molar-refractivity contribution in [3.05, 3.63) is 87.0 Å². The van der Waals surface area contributed by atoms with Crippen molar-refractivity contribution in [1.82, 2.24) is 24.7 Å². The van der Waals surface area contributed by atoms with E-state index in [0.717, 1.165) is 5.69 Å². The zero-order valence-electron chi connectivity index (χ0n) is 19.6. The fourth-order valence-electron chi connectivity index (χ4n) is 3.45. The van der Waals surface area contributed by atoms with Crippen molar-refractivity contribution in [2.75, 3.05) is 24.8 Å². The highest BCUT2D eigenvalue weighted by Gasteiger charge is 2.18. The Labute approximate surface area is 209 Å². The highest BCUT2D eigenvalue weighted by Crippen LogP contribution is 2.27.